The third-order valence-electron chi connectivity index (χ3n) is 6.38. The van der Waals surface area contributed by atoms with E-state index in [9.17, 15) is 54.6 Å². The van der Waals surface area contributed by atoms with Crippen LogP contribution in [-0.2, 0) is 38.2 Å². The van der Waals surface area contributed by atoms with Gasteiger partial charge in [0.25, 0.3) is 0 Å². The van der Waals surface area contributed by atoms with E-state index in [0.717, 1.165) is 36.4 Å². The first-order chi connectivity index (χ1) is 20.7. The number of aliphatic carboxylic acids is 2. The molecule has 44 heavy (non-hydrogen) atoms. The summed E-state index contributed by atoms with van der Waals surface area (Å²) in [5.41, 5.74) is -2.13. The second kappa shape index (κ2) is 14.1. The van der Waals surface area contributed by atoms with E-state index >= 15 is 0 Å². The van der Waals surface area contributed by atoms with Crippen molar-refractivity contribution in [3.8, 4) is 23.0 Å². The average Bonchev–Trinajstić information content (AvgIpc) is 2.95. The number of esters is 3. The SMILES string of the molecule is O=C(O)CCC(=O)OC1[C@H](OC(=O)C=Cc2ccc(O)c(O)c2)CC(O)(C(=O)O)C[C@H]1OC(=O)C=Cc1ccc(O)c(O)c1. The second-order valence-electron chi connectivity index (χ2n) is 9.71. The van der Waals surface area contributed by atoms with Gasteiger partial charge in [0, 0.05) is 25.0 Å². The van der Waals surface area contributed by atoms with Gasteiger partial charge in [-0.05, 0) is 47.5 Å². The van der Waals surface area contributed by atoms with Crippen molar-refractivity contribution >= 4 is 42.0 Å². The van der Waals surface area contributed by atoms with E-state index < -0.39 is 102 Å². The Morgan fingerprint density at radius 1 is 0.705 bits per heavy atom. The van der Waals surface area contributed by atoms with E-state index in [0.29, 0.717) is 0 Å². The predicted molar refractivity (Wildman–Crippen MR) is 146 cm³/mol. The molecule has 234 valence electrons. The zero-order valence-electron chi connectivity index (χ0n) is 22.7. The zero-order chi connectivity index (χ0) is 32.6. The molecule has 0 unspecified atom stereocenters. The number of rotatable bonds is 11. The molecule has 1 aliphatic rings. The van der Waals surface area contributed by atoms with Crippen LogP contribution in [0.3, 0.4) is 0 Å². The fraction of sp³-hybridized carbons (Fsp3) is 0.276. The van der Waals surface area contributed by atoms with Crippen molar-refractivity contribution in [3.05, 3.63) is 59.7 Å². The summed E-state index contributed by atoms with van der Waals surface area (Å²) in [6, 6.07) is 7.24. The Balaban J connectivity index is 1.88. The highest BCUT2D eigenvalue weighted by Crippen LogP contribution is 2.35. The summed E-state index contributed by atoms with van der Waals surface area (Å²) < 4.78 is 15.9. The summed E-state index contributed by atoms with van der Waals surface area (Å²) in [7, 11) is 0. The van der Waals surface area contributed by atoms with Gasteiger partial charge in [-0.15, -0.1) is 0 Å². The van der Waals surface area contributed by atoms with Gasteiger partial charge >= 0.3 is 29.8 Å². The largest absolute Gasteiger partial charge is 0.504 e. The lowest BCUT2D eigenvalue weighted by Crippen LogP contribution is -2.59. The summed E-state index contributed by atoms with van der Waals surface area (Å²) in [6.07, 6.45) is -3.92. The van der Waals surface area contributed by atoms with Crippen molar-refractivity contribution in [1.29, 1.82) is 0 Å². The Morgan fingerprint density at radius 3 is 1.55 bits per heavy atom. The molecule has 15 nitrogen and oxygen atoms in total. The van der Waals surface area contributed by atoms with Gasteiger partial charge in [0.05, 0.1) is 12.8 Å². The van der Waals surface area contributed by atoms with Crippen LogP contribution in [0.5, 0.6) is 23.0 Å². The van der Waals surface area contributed by atoms with Crippen molar-refractivity contribution < 1.29 is 73.9 Å². The van der Waals surface area contributed by atoms with Gasteiger partial charge in [0.2, 0.25) is 0 Å². The standard InChI is InChI=1S/C29H28O15/c30-17-5-1-15(11-19(17)32)3-8-24(36)42-21-13-29(41,28(39)40)14-22(27(21)44-26(38)10-7-23(34)35)43-25(37)9-4-16-2-6-18(31)20(33)12-16/h1-6,8-9,11-12,21-22,27,30-33,41H,7,10,13-14H2,(H,34,35)(H,39,40)/t21-,22-,27?,29?/m1/s1. The Labute approximate surface area is 248 Å². The molecule has 0 bridgehead atoms. The van der Waals surface area contributed by atoms with Gasteiger partial charge in [0.1, 0.15) is 12.2 Å². The molecule has 2 aromatic carbocycles. The van der Waals surface area contributed by atoms with Crippen molar-refractivity contribution in [2.24, 2.45) is 0 Å². The van der Waals surface area contributed by atoms with Crippen molar-refractivity contribution in [3.63, 3.8) is 0 Å². The maximum atomic E-state index is 12.7. The van der Waals surface area contributed by atoms with Crippen LogP contribution in [0.2, 0.25) is 0 Å². The van der Waals surface area contributed by atoms with Gasteiger partial charge < -0.3 is 50.0 Å². The Kier molecular flexibility index (Phi) is 10.5. The number of carbonyl (C=O) groups is 5. The molecule has 0 aliphatic heterocycles. The molecule has 1 fully saturated rings. The third-order valence-corrected chi connectivity index (χ3v) is 6.38. The van der Waals surface area contributed by atoms with Gasteiger partial charge in [-0.2, -0.15) is 0 Å². The highest BCUT2D eigenvalue weighted by molar-refractivity contribution is 5.88. The Morgan fingerprint density at radius 2 is 1.16 bits per heavy atom. The predicted octanol–water partition coefficient (Wildman–Crippen LogP) is 1.45. The quantitative estimate of drug-likeness (QED) is 0.0816. The van der Waals surface area contributed by atoms with Gasteiger partial charge in [-0.3, -0.25) is 9.59 Å². The first-order valence-corrected chi connectivity index (χ1v) is 12.9. The minimum absolute atomic E-state index is 0.250. The van der Waals surface area contributed by atoms with Crippen LogP contribution >= 0.6 is 0 Å². The molecule has 3 rings (SSSR count). The van der Waals surface area contributed by atoms with Crippen LogP contribution in [-0.4, -0.2) is 89.5 Å². The number of carbonyl (C=O) groups excluding carboxylic acids is 3. The number of hydrogen-bond acceptors (Lipinski definition) is 13. The lowest BCUT2D eigenvalue weighted by molar-refractivity contribution is -0.212. The molecule has 0 radical (unpaired) electrons. The van der Waals surface area contributed by atoms with Crippen LogP contribution in [0, 0.1) is 0 Å². The first-order valence-electron chi connectivity index (χ1n) is 12.9. The molecule has 0 aromatic heterocycles. The summed E-state index contributed by atoms with van der Waals surface area (Å²) in [4.78, 5) is 60.7. The minimum Gasteiger partial charge on any atom is -0.504 e. The smallest absolute Gasteiger partial charge is 0.335 e. The number of aliphatic hydroxyl groups is 1. The van der Waals surface area contributed by atoms with Gasteiger partial charge in [0.15, 0.2) is 34.7 Å². The number of carboxylic acid groups (broad SMARTS) is 2. The molecule has 2 atom stereocenters. The van der Waals surface area contributed by atoms with Crippen molar-refractivity contribution in [1.82, 2.24) is 0 Å². The molecule has 1 saturated carbocycles. The summed E-state index contributed by atoms with van der Waals surface area (Å²) >= 11 is 0. The third kappa shape index (κ3) is 8.96. The van der Waals surface area contributed by atoms with E-state index in [-0.39, 0.29) is 11.1 Å². The Hall–Kier alpha value is -5.57. The Bertz CT molecular complexity index is 1410. The lowest BCUT2D eigenvalue weighted by Gasteiger charge is -2.42. The van der Waals surface area contributed by atoms with Crippen LogP contribution in [0.25, 0.3) is 12.2 Å². The first kappa shape index (κ1) is 32.9. The van der Waals surface area contributed by atoms with E-state index in [1.807, 2.05) is 0 Å². The van der Waals surface area contributed by atoms with Crippen LogP contribution in [0.15, 0.2) is 48.6 Å². The number of aromatic hydroxyl groups is 4. The topological polar surface area (TPSA) is 255 Å². The number of benzene rings is 2. The molecule has 15 heteroatoms. The van der Waals surface area contributed by atoms with E-state index in [1.165, 1.54) is 24.3 Å². The second-order valence-corrected chi connectivity index (χ2v) is 9.71. The summed E-state index contributed by atoms with van der Waals surface area (Å²) in [5, 5.41) is 67.5. The number of carboxylic acids is 2. The number of hydrogen-bond donors (Lipinski definition) is 7. The fourth-order valence-electron chi connectivity index (χ4n) is 4.18. The summed E-state index contributed by atoms with van der Waals surface area (Å²) in [6.45, 7) is 0. The number of phenolic OH excluding ortho intramolecular Hbond substituents is 4. The zero-order valence-corrected chi connectivity index (χ0v) is 22.7. The molecule has 0 amide bonds. The highest BCUT2D eigenvalue weighted by Gasteiger charge is 2.54. The lowest BCUT2D eigenvalue weighted by atomic mass is 9.79. The van der Waals surface area contributed by atoms with Gasteiger partial charge in [-0.1, -0.05) is 12.1 Å². The molecule has 0 spiro atoms. The number of ether oxygens (including phenoxy) is 3. The van der Waals surface area contributed by atoms with Crippen LogP contribution in [0.4, 0.5) is 0 Å². The van der Waals surface area contributed by atoms with Gasteiger partial charge in [-0.25, -0.2) is 14.4 Å². The summed E-state index contributed by atoms with van der Waals surface area (Å²) in [5.74, 6) is -8.23. The molecule has 7 N–H and O–H groups in total. The monoisotopic (exact) mass is 616 g/mol. The molecule has 0 heterocycles. The normalized spacial score (nSPS) is 21.5. The molecular weight excluding hydrogens is 588 g/mol. The van der Waals surface area contributed by atoms with Crippen LogP contribution < -0.4 is 0 Å². The fourth-order valence-corrected chi connectivity index (χ4v) is 4.18. The van der Waals surface area contributed by atoms with Crippen molar-refractivity contribution in [2.45, 2.75) is 49.6 Å². The molecule has 2 aromatic rings. The average molecular weight is 617 g/mol. The van der Waals surface area contributed by atoms with E-state index in [4.69, 9.17) is 19.3 Å². The van der Waals surface area contributed by atoms with E-state index in [1.54, 1.807) is 0 Å². The molecular formula is C29H28O15. The number of phenols is 4. The van der Waals surface area contributed by atoms with E-state index in [2.05, 4.69) is 0 Å². The molecule has 1 aliphatic carbocycles. The maximum absolute atomic E-state index is 12.7. The van der Waals surface area contributed by atoms with Crippen molar-refractivity contribution in [2.75, 3.05) is 0 Å². The van der Waals surface area contributed by atoms with Crippen LogP contribution in [0.1, 0.15) is 36.8 Å². The molecule has 0 saturated heterocycles. The maximum Gasteiger partial charge on any atom is 0.335 e. The minimum atomic E-state index is -2.63. The highest BCUT2D eigenvalue weighted by atomic mass is 16.6.